The second-order valence-corrected chi connectivity index (χ2v) is 6.09. The summed E-state index contributed by atoms with van der Waals surface area (Å²) in [5.41, 5.74) is 5.00. The van der Waals surface area contributed by atoms with Gasteiger partial charge in [0, 0.05) is 11.9 Å². The largest absolute Gasteiger partial charge is 0.490 e. The van der Waals surface area contributed by atoms with Crippen LogP contribution in [0.1, 0.15) is 41.2 Å². The monoisotopic (exact) mass is 337 g/mol. The van der Waals surface area contributed by atoms with E-state index in [1.165, 1.54) is 0 Å². The van der Waals surface area contributed by atoms with E-state index in [1.807, 2.05) is 62.6 Å². The minimum Gasteiger partial charge on any atom is -0.490 e. The Bertz CT molecular complexity index is 908. The number of aromatic nitrogens is 2. The molecule has 0 aliphatic heterocycles. The molecule has 3 aromatic rings. The number of benzene rings is 1. The van der Waals surface area contributed by atoms with Crippen LogP contribution in [-0.4, -0.2) is 21.9 Å². The third-order valence-electron chi connectivity index (χ3n) is 4.02. The van der Waals surface area contributed by atoms with Gasteiger partial charge in [-0.25, -0.2) is 4.98 Å². The van der Waals surface area contributed by atoms with E-state index in [2.05, 4.69) is 16.4 Å². The first-order chi connectivity index (χ1) is 12.0. The van der Waals surface area contributed by atoms with Crippen molar-refractivity contribution >= 4 is 17.2 Å². The molecular weight excluding hydrogens is 314 g/mol. The van der Waals surface area contributed by atoms with Crippen molar-refractivity contribution in [3.05, 3.63) is 59.0 Å². The van der Waals surface area contributed by atoms with Gasteiger partial charge < -0.3 is 10.1 Å². The van der Waals surface area contributed by atoms with Gasteiger partial charge in [-0.3, -0.25) is 9.20 Å². The second-order valence-electron chi connectivity index (χ2n) is 6.09. The van der Waals surface area contributed by atoms with Gasteiger partial charge in [0.25, 0.3) is 5.91 Å². The van der Waals surface area contributed by atoms with Crippen molar-refractivity contribution in [3.63, 3.8) is 0 Å². The number of ether oxygens (including phenoxy) is 1. The van der Waals surface area contributed by atoms with Gasteiger partial charge in [0.1, 0.15) is 5.69 Å². The highest BCUT2D eigenvalue weighted by Gasteiger charge is 2.20. The lowest BCUT2D eigenvalue weighted by atomic mass is 10.1. The van der Waals surface area contributed by atoms with Crippen LogP contribution in [-0.2, 0) is 6.42 Å². The fourth-order valence-electron chi connectivity index (χ4n) is 3.08. The van der Waals surface area contributed by atoms with Crippen LogP contribution in [0.5, 0.6) is 5.75 Å². The van der Waals surface area contributed by atoms with E-state index in [9.17, 15) is 4.79 Å². The predicted octanol–water partition coefficient (Wildman–Crippen LogP) is 4.16. The minimum absolute atomic E-state index is 0.164. The molecule has 0 radical (unpaired) electrons. The first-order valence-corrected chi connectivity index (χ1v) is 8.55. The molecule has 2 heterocycles. The predicted molar refractivity (Wildman–Crippen MR) is 99.6 cm³/mol. The first kappa shape index (κ1) is 17.0. The van der Waals surface area contributed by atoms with Crippen LogP contribution >= 0.6 is 0 Å². The summed E-state index contributed by atoms with van der Waals surface area (Å²) < 4.78 is 7.45. The van der Waals surface area contributed by atoms with Crippen LogP contribution in [0, 0.1) is 13.8 Å². The minimum atomic E-state index is -0.164. The number of amides is 1. The molecule has 0 aliphatic carbocycles. The fraction of sp³-hybridized carbons (Fsp3) is 0.300. The standard InChI is InChI=1S/C20H23N3O2/c1-5-16-18(20(24)21-15-11-13(3)10-14(4)12-15)23-9-7-8-17(25-6-2)19(23)22-16/h7-12H,5-6H2,1-4H3,(H,21,24). The van der Waals surface area contributed by atoms with E-state index in [0.29, 0.717) is 30.1 Å². The van der Waals surface area contributed by atoms with Crippen molar-refractivity contribution in [2.24, 2.45) is 0 Å². The van der Waals surface area contributed by atoms with Crippen molar-refractivity contribution in [2.45, 2.75) is 34.1 Å². The molecule has 1 N–H and O–H groups in total. The molecule has 0 fully saturated rings. The number of carbonyl (C=O) groups is 1. The van der Waals surface area contributed by atoms with Crippen LogP contribution in [0.4, 0.5) is 5.69 Å². The number of hydrogen-bond donors (Lipinski definition) is 1. The highest BCUT2D eigenvalue weighted by Crippen LogP contribution is 2.24. The number of hydrogen-bond acceptors (Lipinski definition) is 3. The van der Waals surface area contributed by atoms with E-state index < -0.39 is 0 Å². The Morgan fingerprint density at radius 3 is 2.56 bits per heavy atom. The van der Waals surface area contributed by atoms with Crippen molar-refractivity contribution in [2.75, 3.05) is 11.9 Å². The molecular formula is C20H23N3O2. The Morgan fingerprint density at radius 1 is 1.20 bits per heavy atom. The average molecular weight is 337 g/mol. The number of carbonyl (C=O) groups excluding carboxylic acids is 1. The van der Waals surface area contributed by atoms with Gasteiger partial charge in [-0.15, -0.1) is 0 Å². The summed E-state index contributed by atoms with van der Waals surface area (Å²) in [7, 11) is 0. The molecule has 130 valence electrons. The maximum absolute atomic E-state index is 12.9. The Balaban J connectivity index is 2.04. The number of imidazole rings is 1. The van der Waals surface area contributed by atoms with Gasteiger partial charge in [0.2, 0.25) is 0 Å². The Hall–Kier alpha value is -2.82. The van der Waals surface area contributed by atoms with Crippen LogP contribution in [0.15, 0.2) is 36.5 Å². The third kappa shape index (κ3) is 3.36. The van der Waals surface area contributed by atoms with Crippen molar-refractivity contribution < 1.29 is 9.53 Å². The number of aryl methyl sites for hydroxylation is 3. The summed E-state index contributed by atoms with van der Waals surface area (Å²) in [5, 5.41) is 3.00. The lowest BCUT2D eigenvalue weighted by Crippen LogP contribution is -2.16. The topological polar surface area (TPSA) is 55.6 Å². The second kappa shape index (κ2) is 6.97. The van der Waals surface area contributed by atoms with E-state index in [-0.39, 0.29) is 5.91 Å². The maximum Gasteiger partial charge on any atom is 0.274 e. The first-order valence-electron chi connectivity index (χ1n) is 8.55. The SMILES string of the molecule is CCOc1cccn2c(C(=O)Nc3cc(C)cc(C)c3)c(CC)nc12. The zero-order valence-electron chi connectivity index (χ0n) is 15.1. The lowest BCUT2D eigenvalue weighted by molar-refractivity contribution is 0.102. The van der Waals surface area contributed by atoms with Gasteiger partial charge in [0.15, 0.2) is 11.4 Å². The van der Waals surface area contributed by atoms with Crippen molar-refractivity contribution in [3.8, 4) is 5.75 Å². The number of anilines is 1. The molecule has 0 atom stereocenters. The molecule has 0 spiro atoms. The summed E-state index contributed by atoms with van der Waals surface area (Å²) in [4.78, 5) is 17.6. The zero-order valence-corrected chi connectivity index (χ0v) is 15.1. The lowest BCUT2D eigenvalue weighted by Gasteiger charge is -2.09. The summed E-state index contributed by atoms with van der Waals surface area (Å²) in [6.07, 6.45) is 2.52. The van der Waals surface area contributed by atoms with E-state index in [0.717, 1.165) is 22.5 Å². The van der Waals surface area contributed by atoms with Gasteiger partial charge in [0.05, 0.1) is 12.3 Å². The van der Waals surface area contributed by atoms with Crippen LogP contribution in [0.2, 0.25) is 0 Å². The molecule has 1 aromatic carbocycles. The molecule has 3 rings (SSSR count). The number of nitrogens with zero attached hydrogens (tertiary/aromatic N) is 2. The molecule has 0 saturated heterocycles. The quantitative estimate of drug-likeness (QED) is 0.760. The molecule has 0 bridgehead atoms. The molecule has 2 aromatic heterocycles. The highest BCUT2D eigenvalue weighted by molar-refractivity contribution is 6.04. The number of fused-ring (bicyclic) bond motifs is 1. The summed E-state index contributed by atoms with van der Waals surface area (Å²) in [6.45, 7) is 8.51. The number of rotatable bonds is 5. The van der Waals surface area contributed by atoms with Crippen molar-refractivity contribution in [1.82, 2.24) is 9.38 Å². The Morgan fingerprint density at radius 2 is 1.92 bits per heavy atom. The van der Waals surface area contributed by atoms with Crippen LogP contribution < -0.4 is 10.1 Å². The molecule has 5 nitrogen and oxygen atoms in total. The molecule has 1 amide bonds. The Labute approximate surface area is 147 Å². The van der Waals surface area contributed by atoms with Crippen LogP contribution in [0.3, 0.4) is 0 Å². The van der Waals surface area contributed by atoms with Gasteiger partial charge in [-0.05, 0) is 62.6 Å². The maximum atomic E-state index is 12.9. The van der Waals surface area contributed by atoms with Gasteiger partial charge in [-0.2, -0.15) is 0 Å². The highest BCUT2D eigenvalue weighted by atomic mass is 16.5. The number of nitrogens with one attached hydrogen (secondary N) is 1. The summed E-state index contributed by atoms with van der Waals surface area (Å²) in [6, 6.07) is 9.75. The fourth-order valence-corrected chi connectivity index (χ4v) is 3.08. The number of pyridine rings is 1. The summed E-state index contributed by atoms with van der Waals surface area (Å²) >= 11 is 0. The third-order valence-corrected chi connectivity index (χ3v) is 4.02. The van der Waals surface area contributed by atoms with E-state index in [1.54, 1.807) is 0 Å². The van der Waals surface area contributed by atoms with Gasteiger partial charge in [-0.1, -0.05) is 13.0 Å². The molecule has 0 unspecified atom stereocenters. The molecule has 5 heteroatoms. The van der Waals surface area contributed by atoms with Gasteiger partial charge >= 0.3 is 0 Å². The summed E-state index contributed by atoms with van der Waals surface area (Å²) in [5.74, 6) is 0.521. The van der Waals surface area contributed by atoms with Crippen molar-refractivity contribution in [1.29, 1.82) is 0 Å². The molecule has 0 saturated carbocycles. The average Bonchev–Trinajstić information content (AvgIpc) is 2.94. The molecule has 0 aliphatic rings. The van der Waals surface area contributed by atoms with E-state index >= 15 is 0 Å². The normalized spacial score (nSPS) is 10.9. The smallest absolute Gasteiger partial charge is 0.274 e. The van der Waals surface area contributed by atoms with E-state index in [4.69, 9.17) is 4.74 Å². The zero-order chi connectivity index (χ0) is 18.0. The molecule has 25 heavy (non-hydrogen) atoms. The van der Waals surface area contributed by atoms with Crippen LogP contribution in [0.25, 0.3) is 5.65 Å². The Kier molecular flexibility index (Phi) is 4.74.